The highest BCUT2D eigenvalue weighted by molar-refractivity contribution is 7.99. The highest BCUT2D eigenvalue weighted by atomic mass is 32.2. The van der Waals surface area contributed by atoms with Crippen LogP contribution in [-0.4, -0.2) is 18.8 Å². The summed E-state index contributed by atoms with van der Waals surface area (Å²) in [4.78, 5) is 3.94. The standard InChI is InChI=1S/C12H17NS/c1-2-13-9-5-6-10-14-12-8-4-3-7-11(12)13/h3-4,7-8H,2,5-6,9-10H2,1H3. The van der Waals surface area contributed by atoms with Crippen LogP contribution < -0.4 is 4.90 Å². The van der Waals surface area contributed by atoms with Crippen molar-refractivity contribution in [3.05, 3.63) is 24.3 Å². The first kappa shape index (κ1) is 9.91. The Bertz CT molecular complexity index is 298. The minimum atomic E-state index is 1.12. The van der Waals surface area contributed by atoms with E-state index in [1.54, 1.807) is 0 Å². The molecule has 2 heteroatoms. The van der Waals surface area contributed by atoms with Crippen molar-refractivity contribution in [2.45, 2.75) is 24.7 Å². The van der Waals surface area contributed by atoms with Crippen molar-refractivity contribution < 1.29 is 0 Å². The summed E-state index contributed by atoms with van der Waals surface area (Å²) in [5.74, 6) is 1.27. The van der Waals surface area contributed by atoms with Crippen molar-refractivity contribution >= 4 is 17.4 Å². The van der Waals surface area contributed by atoms with E-state index in [1.807, 2.05) is 11.8 Å². The zero-order chi connectivity index (χ0) is 9.80. The monoisotopic (exact) mass is 207 g/mol. The molecule has 1 nitrogen and oxygen atoms in total. The van der Waals surface area contributed by atoms with Crippen molar-refractivity contribution in [2.75, 3.05) is 23.7 Å². The Labute approximate surface area is 90.5 Å². The molecule has 0 fully saturated rings. The highest BCUT2D eigenvalue weighted by Crippen LogP contribution is 2.32. The van der Waals surface area contributed by atoms with Crippen molar-refractivity contribution in [1.29, 1.82) is 0 Å². The molecule has 0 aromatic heterocycles. The first-order valence-corrected chi connectivity index (χ1v) is 6.37. The Morgan fingerprint density at radius 3 is 3.00 bits per heavy atom. The lowest BCUT2D eigenvalue weighted by Gasteiger charge is -2.27. The van der Waals surface area contributed by atoms with Crippen LogP contribution in [0.1, 0.15) is 19.8 Å². The van der Waals surface area contributed by atoms with E-state index in [0.717, 1.165) is 6.54 Å². The maximum atomic E-state index is 2.49. The summed E-state index contributed by atoms with van der Waals surface area (Å²) in [6, 6.07) is 8.77. The van der Waals surface area contributed by atoms with Crippen molar-refractivity contribution in [2.24, 2.45) is 0 Å². The molecule has 0 unspecified atom stereocenters. The van der Waals surface area contributed by atoms with E-state index >= 15 is 0 Å². The molecule has 0 atom stereocenters. The summed E-state index contributed by atoms with van der Waals surface area (Å²) in [6.45, 7) is 4.58. The largest absolute Gasteiger partial charge is 0.371 e. The maximum absolute atomic E-state index is 2.49. The van der Waals surface area contributed by atoms with Crippen LogP contribution in [0.5, 0.6) is 0 Å². The molecule has 76 valence electrons. The predicted molar refractivity (Wildman–Crippen MR) is 64.3 cm³/mol. The van der Waals surface area contributed by atoms with Gasteiger partial charge in [-0.1, -0.05) is 12.1 Å². The fourth-order valence-electron chi connectivity index (χ4n) is 1.88. The van der Waals surface area contributed by atoms with E-state index in [2.05, 4.69) is 36.1 Å². The molecule has 1 aliphatic heterocycles. The van der Waals surface area contributed by atoms with Crippen LogP contribution in [-0.2, 0) is 0 Å². The lowest BCUT2D eigenvalue weighted by molar-refractivity contribution is 0.726. The van der Waals surface area contributed by atoms with Gasteiger partial charge in [-0.15, -0.1) is 11.8 Å². The molecule has 0 spiro atoms. The number of para-hydroxylation sites is 1. The molecule has 0 N–H and O–H groups in total. The van der Waals surface area contributed by atoms with E-state index < -0.39 is 0 Å². The van der Waals surface area contributed by atoms with E-state index in [1.165, 1.54) is 35.7 Å². The Morgan fingerprint density at radius 1 is 1.29 bits per heavy atom. The number of hydrogen-bond donors (Lipinski definition) is 0. The number of rotatable bonds is 1. The lowest BCUT2D eigenvalue weighted by atomic mass is 10.2. The number of anilines is 1. The number of nitrogens with zero attached hydrogens (tertiary/aromatic N) is 1. The average Bonchev–Trinajstić information content (AvgIpc) is 2.20. The van der Waals surface area contributed by atoms with E-state index in [9.17, 15) is 0 Å². The minimum absolute atomic E-state index is 1.12. The maximum Gasteiger partial charge on any atom is 0.0504 e. The molecule has 0 amide bonds. The van der Waals surface area contributed by atoms with Gasteiger partial charge in [-0.05, 0) is 37.7 Å². The summed E-state index contributed by atoms with van der Waals surface area (Å²) in [7, 11) is 0. The molecule has 14 heavy (non-hydrogen) atoms. The molecule has 1 aromatic rings. The highest BCUT2D eigenvalue weighted by Gasteiger charge is 2.11. The summed E-state index contributed by atoms with van der Waals surface area (Å²) < 4.78 is 0. The van der Waals surface area contributed by atoms with Gasteiger partial charge in [0, 0.05) is 18.0 Å². The summed E-state index contributed by atoms with van der Waals surface area (Å²) >= 11 is 2.00. The molecule has 0 bridgehead atoms. The van der Waals surface area contributed by atoms with Crippen LogP contribution in [0.3, 0.4) is 0 Å². The molecule has 0 saturated carbocycles. The molecule has 1 aromatic carbocycles. The molecule has 0 radical (unpaired) electrons. The Morgan fingerprint density at radius 2 is 2.14 bits per heavy atom. The van der Waals surface area contributed by atoms with Gasteiger partial charge in [0.1, 0.15) is 0 Å². The van der Waals surface area contributed by atoms with Gasteiger partial charge in [-0.25, -0.2) is 0 Å². The Kier molecular flexibility index (Phi) is 3.35. The van der Waals surface area contributed by atoms with Crippen LogP contribution >= 0.6 is 11.8 Å². The Hall–Kier alpha value is -0.630. The van der Waals surface area contributed by atoms with Gasteiger partial charge in [0.25, 0.3) is 0 Å². The van der Waals surface area contributed by atoms with Gasteiger partial charge in [-0.2, -0.15) is 0 Å². The van der Waals surface area contributed by atoms with Crippen LogP contribution in [0.4, 0.5) is 5.69 Å². The van der Waals surface area contributed by atoms with Gasteiger partial charge in [-0.3, -0.25) is 0 Å². The lowest BCUT2D eigenvalue weighted by Crippen LogP contribution is -2.25. The molecule has 2 rings (SSSR count). The zero-order valence-corrected chi connectivity index (χ0v) is 9.52. The van der Waals surface area contributed by atoms with Crippen LogP contribution in [0, 0.1) is 0 Å². The second kappa shape index (κ2) is 4.74. The molecule has 1 aliphatic rings. The number of fused-ring (bicyclic) bond motifs is 1. The molecular weight excluding hydrogens is 190 g/mol. The van der Waals surface area contributed by atoms with Gasteiger partial charge in [0.05, 0.1) is 5.69 Å². The smallest absolute Gasteiger partial charge is 0.0504 e. The first-order valence-electron chi connectivity index (χ1n) is 5.38. The summed E-state index contributed by atoms with van der Waals surface area (Å²) in [5, 5.41) is 0. The third-order valence-electron chi connectivity index (χ3n) is 2.67. The van der Waals surface area contributed by atoms with Crippen LogP contribution in [0.15, 0.2) is 29.2 Å². The zero-order valence-electron chi connectivity index (χ0n) is 8.70. The van der Waals surface area contributed by atoms with Crippen LogP contribution in [0.2, 0.25) is 0 Å². The predicted octanol–water partition coefficient (Wildman–Crippen LogP) is 3.40. The normalized spacial score (nSPS) is 17.1. The molecule has 0 aliphatic carbocycles. The van der Waals surface area contributed by atoms with Gasteiger partial charge < -0.3 is 4.90 Å². The number of thioether (sulfide) groups is 1. The Balaban J connectivity index is 2.31. The molecule has 0 saturated heterocycles. The third-order valence-corrected chi connectivity index (χ3v) is 3.82. The van der Waals surface area contributed by atoms with Crippen molar-refractivity contribution in [1.82, 2.24) is 0 Å². The summed E-state index contributed by atoms with van der Waals surface area (Å²) in [5.41, 5.74) is 1.43. The topological polar surface area (TPSA) is 3.24 Å². The van der Waals surface area contributed by atoms with Gasteiger partial charge >= 0.3 is 0 Å². The SMILES string of the molecule is CCN1CCCCSc2ccccc21. The minimum Gasteiger partial charge on any atom is -0.371 e. The van der Waals surface area contributed by atoms with Crippen molar-refractivity contribution in [3.8, 4) is 0 Å². The van der Waals surface area contributed by atoms with E-state index in [-0.39, 0.29) is 0 Å². The number of hydrogen-bond acceptors (Lipinski definition) is 2. The molecular formula is C12H17NS. The molecule has 1 heterocycles. The van der Waals surface area contributed by atoms with Gasteiger partial charge in [0.2, 0.25) is 0 Å². The van der Waals surface area contributed by atoms with E-state index in [0.29, 0.717) is 0 Å². The third kappa shape index (κ3) is 2.06. The average molecular weight is 207 g/mol. The van der Waals surface area contributed by atoms with E-state index in [4.69, 9.17) is 0 Å². The second-order valence-electron chi connectivity index (χ2n) is 3.60. The second-order valence-corrected chi connectivity index (χ2v) is 4.74. The van der Waals surface area contributed by atoms with Crippen LogP contribution in [0.25, 0.3) is 0 Å². The quantitative estimate of drug-likeness (QED) is 0.694. The van der Waals surface area contributed by atoms with Crippen molar-refractivity contribution in [3.63, 3.8) is 0 Å². The fraction of sp³-hybridized carbons (Fsp3) is 0.500. The fourth-order valence-corrected chi connectivity index (χ4v) is 2.96. The summed E-state index contributed by atoms with van der Waals surface area (Å²) in [6.07, 6.45) is 2.67. The van der Waals surface area contributed by atoms with Gasteiger partial charge in [0.15, 0.2) is 0 Å². The first-order chi connectivity index (χ1) is 6.92. The number of benzene rings is 1.